The quantitative estimate of drug-likeness (QED) is 0.896. The van der Waals surface area contributed by atoms with Crippen LogP contribution in [0.1, 0.15) is 18.1 Å². The highest BCUT2D eigenvalue weighted by atomic mass is 16.5. The Labute approximate surface area is 112 Å². The molecule has 3 rings (SSSR count). The molecule has 0 bridgehead atoms. The number of fused-ring (bicyclic) bond motifs is 1. The van der Waals surface area contributed by atoms with Gasteiger partial charge in [-0.05, 0) is 18.6 Å². The van der Waals surface area contributed by atoms with Crippen molar-refractivity contribution in [1.29, 1.82) is 0 Å². The first-order valence-corrected chi connectivity index (χ1v) is 6.27. The Morgan fingerprint density at radius 1 is 1.21 bits per heavy atom. The number of hydrogen-bond donors (Lipinski definition) is 1. The number of hydrogen-bond acceptors (Lipinski definition) is 3. The third kappa shape index (κ3) is 1.91. The fourth-order valence-electron chi connectivity index (χ4n) is 2.58. The molecule has 98 valence electrons. The lowest BCUT2D eigenvalue weighted by atomic mass is 9.91. The number of ether oxygens (including phenoxy) is 2. The molecular weight excluding hydrogens is 240 g/mol. The lowest BCUT2D eigenvalue weighted by Crippen LogP contribution is -2.26. The molecule has 19 heavy (non-hydrogen) atoms. The highest BCUT2D eigenvalue weighted by molar-refractivity contribution is 5.53. The van der Waals surface area contributed by atoms with Gasteiger partial charge in [-0.15, -0.1) is 0 Å². The van der Waals surface area contributed by atoms with Crippen LogP contribution in [0.4, 0.5) is 0 Å². The van der Waals surface area contributed by atoms with E-state index in [9.17, 15) is 5.11 Å². The molecule has 2 aromatic rings. The average molecular weight is 256 g/mol. The molecule has 1 N–H and O–H groups in total. The Morgan fingerprint density at radius 3 is 2.63 bits per heavy atom. The Kier molecular flexibility index (Phi) is 2.63. The summed E-state index contributed by atoms with van der Waals surface area (Å²) in [6, 6.07) is 13.6. The predicted octanol–water partition coefficient (Wildman–Crippen LogP) is 3.25. The van der Waals surface area contributed by atoms with Crippen molar-refractivity contribution in [3.05, 3.63) is 53.6 Å². The Balaban J connectivity index is 2.00. The maximum atomic E-state index is 9.83. The molecule has 0 radical (unpaired) electrons. The molecule has 1 unspecified atom stereocenters. The molecule has 3 heteroatoms. The van der Waals surface area contributed by atoms with Crippen LogP contribution in [0.2, 0.25) is 0 Å². The Hall–Kier alpha value is -2.16. The highest BCUT2D eigenvalue weighted by Gasteiger charge is 2.37. The normalized spacial score (nSPS) is 20.7. The number of aromatic hydroxyl groups is 1. The van der Waals surface area contributed by atoms with E-state index in [-0.39, 0.29) is 11.4 Å². The van der Waals surface area contributed by atoms with Crippen LogP contribution in [0.25, 0.3) is 0 Å². The number of methoxy groups -OCH3 is 1. The van der Waals surface area contributed by atoms with Crippen LogP contribution in [0.3, 0.4) is 0 Å². The van der Waals surface area contributed by atoms with Gasteiger partial charge in [-0.2, -0.15) is 0 Å². The van der Waals surface area contributed by atoms with E-state index in [0.717, 1.165) is 23.3 Å². The first-order chi connectivity index (χ1) is 9.12. The monoisotopic (exact) mass is 256 g/mol. The summed E-state index contributed by atoms with van der Waals surface area (Å²) in [5.74, 6) is 1.37. The van der Waals surface area contributed by atoms with Crippen LogP contribution < -0.4 is 9.47 Å². The minimum atomic E-state index is -0.387. The molecule has 0 saturated heterocycles. The Morgan fingerprint density at radius 2 is 1.95 bits per heavy atom. The first-order valence-electron chi connectivity index (χ1n) is 6.27. The zero-order chi connectivity index (χ0) is 13.5. The second kappa shape index (κ2) is 4.19. The summed E-state index contributed by atoms with van der Waals surface area (Å²) in [7, 11) is 1.53. The van der Waals surface area contributed by atoms with E-state index >= 15 is 0 Å². The van der Waals surface area contributed by atoms with Crippen molar-refractivity contribution in [3.8, 4) is 17.2 Å². The van der Waals surface area contributed by atoms with Gasteiger partial charge in [0.2, 0.25) is 0 Å². The van der Waals surface area contributed by atoms with E-state index in [1.165, 1.54) is 7.11 Å². The largest absolute Gasteiger partial charge is 0.504 e. The summed E-state index contributed by atoms with van der Waals surface area (Å²) in [4.78, 5) is 0. The van der Waals surface area contributed by atoms with Gasteiger partial charge in [0.25, 0.3) is 0 Å². The summed E-state index contributed by atoms with van der Waals surface area (Å²) in [5.41, 5.74) is 1.75. The van der Waals surface area contributed by atoms with Gasteiger partial charge < -0.3 is 14.6 Å². The van der Waals surface area contributed by atoms with Crippen LogP contribution in [0.15, 0.2) is 42.5 Å². The molecule has 0 aliphatic carbocycles. The van der Waals surface area contributed by atoms with Gasteiger partial charge in [0.1, 0.15) is 11.4 Å². The summed E-state index contributed by atoms with van der Waals surface area (Å²) >= 11 is 0. The number of phenolic OH excluding ortho intramolecular Hbond substituents is 1. The molecule has 2 aromatic carbocycles. The van der Waals surface area contributed by atoms with Crippen molar-refractivity contribution in [2.75, 3.05) is 7.11 Å². The summed E-state index contributed by atoms with van der Waals surface area (Å²) in [6.45, 7) is 2.06. The van der Waals surface area contributed by atoms with E-state index in [1.54, 1.807) is 12.1 Å². The molecule has 0 amide bonds. The van der Waals surface area contributed by atoms with Gasteiger partial charge in [-0.25, -0.2) is 0 Å². The van der Waals surface area contributed by atoms with Crippen molar-refractivity contribution in [1.82, 2.24) is 0 Å². The maximum Gasteiger partial charge on any atom is 0.164 e. The van der Waals surface area contributed by atoms with E-state index in [2.05, 4.69) is 19.1 Å². The molecule has 0 spiro atoms. The highest BCUT2D eigenvalue weighted by Crippen LogP contribution is 2.45. The second-order valence-electron chi connectivity index (χ2n) is 5.01. The van der Waals surface area contributed by atoms with E-state index in [4.69, 9.17) is 9.47 Å². The fourth-order valence-corrected chi connectivity index (χ4v) is 2.58. The van der Waals surface area contributed by atoms with Gasteiger partial charge >= 0.3 is 0 Å². The summed E-state index contributed by atoms with van der Waals surface area (Å²) in [6.07, 6.45) is 0.740. The van der Waals surface area contributed by atoms with Crippen molar-refractivity contribution < 1.29 is 14.6 Å². The summed E-state index contributed by atoms with van der Waals surface area (Å²) in [5, 5.41) is 9.83. The van der Waals surface area contributed by atoms with Crippen LogP contribution in [-0.2, 0) is 12.0 Å². The minimum absolute atomic E-state index is 0.155. The van der Waals surface area contributed by atoms with Crippen molar-refractivity contribution in [2.24, 2.45) is 0 Å². The third-order valence-corrected chi connectivity index (χ3v) is 3.61. The maximum absolute atomic E-state index is 9.83. The van der Waals surface area contributed by atoms with Crippen molar-refractivity contribution >= 4 is 0 Å². The molecule has 0 fully saturated rings. The first kappa shape index (κ1) is 11.9. The molecule has 1 atom stereocenters. The van der Waals surface area contributed by atoms with Gasteiger partial charge in [0.05, 0.1) is 7.11 Å². The number of phenols is 1. The van der Waals surface area contributed by atoms with Crippen LogP contribution in [0, 0.1) is 0 Å². The lowest BCUT2D eigenvalue weighted by Gasteiger charge is -2.24. The summed E-state index contributed by atoms with van der Waals surface area (Å²) < 4.78 is 11.2. The number of benzene rings is 2. The third-order valence-electron chi connectivity index (χ3n) is 3.61. The molecular formula is C16H16O3. The Bertz CT molecular complexity index is 607. The van der Waals surface area contributed by atoms with Crippen LogP contribution in [0.5, 0.6) is 17.2 Å². The topological polar surface area (TPSA) is 38.7 Å². The van der Waals surface area contributed by atoms with Gasteiger partial charge in [0, 0.05) is 18.1 Å². The molecule has 0 aromatic heterocycles. The SMILES string of the molecule is COc1cc2c(cc1O)CC(C)(c1ccccc1)O2. The lowest BCUT2D eigenvalue weighted by molar-refractivity contribution is 0.115. The standard InChI is InChI=1S/C16H16O3/c1-16(12-6-4-3-5-7-12)10-11-8-13(17)15(18-2)9-14(11)19-16/h3-9,17H,10H2,1-2H3. The molecule has 1 aliphatic heterocycles. The fraction of sp³-hybridized carbons (Fsp3) is 0.250. The number of rotatable bonds is 2. The molecule has 3 nitrogen and oxygen atoms in total. The van der Waals surface area contributed by atoms with Gasteiger partial charge in [0.15, 0.2) is 11.5 Å². The van der Waals surface area contributed by atoms with E-state index < -0.39 is 0 Å². The second-order valence-corrected chi connectivity index (χ2v) is 5.01. The smallest absolute Gasteiger partial charge is 0.164 e. The zero-order valence-electron chi connectivity index (χ0n) is 11.0. The minimum Gasteiger partial charge on any atom is -0.504 e. The predicted molar refractivity (Wildman–Crippen MR) is 72.8 cm³/mol. The molecule has 1 aliphatic rings. The van der Waals surface area contributed by atoms with E-state index in [0.29, 0.717) is 5.75 Å². The average Bonchev–Trinajstić information content (AvgIpc) is 2.75. The van der Waals surface area contributed by atoms with E-state index in [1.807, 2.05) is 18.2 Å². The van der Waals surface area contributed by atoms with Gasteiger partial charge in [-0.3, -0.25) is 0 Å². The van der Waals surface area contributed by atoms with Crippen molar-refractivity contribution in [3.63, 3.8) is 0 Å². The van der Waals surface area contributed by atoms with Gasteiger partial charge in [-0.1, -0.05) is 30.3 Å². The molecule has 1 heterocycles. The van der Waals surface area contributed by atoms with Crippen LogP contribution >= 0.6 is 0 Å². The zero-order valence-corrected chi connectivity index (χ0v) is 11.0. The van der Waals surface area contributed by atoms with Crippen molar-refractivity contribution in [2.45, 2.75) is 18.9 Å². The van der Waals surface area contributed by atoms with Crippen LogP contribution in [-0.4, -0.2) is 12.2 Å². The molecule has 0 saturated carbocycles.